The topological polar surface area (TPSA) is 64.9 Å². The first kappa shape index (κ1) is 16.0. The lowest BCUT2D eigenvalue weighted by atomic mass is 10.1. The third kappa shape index (κ3) is 4.32. The number of nitriles is 1. The van der Waals surface area contributed by atoms with Crippen molar-refractivity contribution in [3.8, 4) is 6.07 Å². The molecule has 112 valence electrons. The quantitative estimate of drug-likeness (QED) is 0.888. The van der Waals surface area contributed by atoms with Gasteiger partial charge in [0.1, 0.15) is 6.07 Å². The number of rotatable bonds is 5. The number of amides is 1. The van der Waals surface area contributed by atoms with Gasteiger partial charge in [-0.15, -0.1) is 0 Å². The van der Waals surface area contributed by atoms with E-state index in [4.69, 9.17) is 16.9 Å². The third-order valence-corrected chi connectivity index (χ3v) is 3.48. The van der Waals surface area contributed by atoms with Gasteiger partial charge in [0.15, 0.2) is 0 Å². The summed E-state index contributed by atoms with van der Waals surface area (Å²) >= 11 is 5.89. The summed E-state index contributed by atoms with van der Waals surface area (Å²) in [5.41, 5.74) is 1.92. The van der Waals surface area contributed by atoms with Crippen molar-refractivity contribution < 1.29 is 4.79 Å². The van der Waals surface area contributed by atoms with Gasteiger partial charge in [0, 0.05) is 11.1 Å². The highest BCUT2D eigenvalue weighted by Gasteiger charge is 2.10. The fourth-order valence-corrected chi connectivity index (χ4v) is 2.19. The SMILES string of the molecule is C[C@H](NCC(=O)Nc1cc(Cl)ccc1C#N)c1ccccc1. The zero-order valence-electron chi connectivity index (χ0n) is 12.1. The molecule has 4 nitrogen and oxygen atoms in total. The van der Waals surface area contributed by atoms with Crippen LogP contribution in [0, 0.1) is 11.3 Å². The van der Waals surface area contributed by atoms with Gasteiger partial charge in [-0.25, -0.2) is 0 Å². The average Bonchev–Trinajstić information content (AvgIpc) is 2.53. The molecule has 0 unspecified atom stereocenters. The highest BCUT2D eigenvalue weighted by molar-refractivity contribution is 6.31. The molecule has 0 bridgehead atoms. The Balaban J connectivity index is 1.94. The Bertz CT molecular complexity index is 695. The van der Waals surface area contributed by atoms with Gasteiger partial charge >= 0.3 is 0 Å². The maximum atomic E-state index is 12.0. The van der Waals surface area contributed by atoms with Crippen LogP contribution in [-0.4, -0.2) is 12.5 Å². The molecule has 22 heavy (non-hydrogen) atoms. The van der Waals surface area contributed by atoms with Gasteiger partial charge in [-0.2, -0.15) is 5.26 Å². The van der Waals surface area contributed by atoms with E-state index in [2.05, 4.69) is 10.6 Å². The molecule has 0 heterocycles. The Kier molecular flexibility index (Phi) is 5.54. The minimum absolute atomic E-state index is 0.0572. The number of hydrogen-bond acceptors (Lipinski definition) is 3. The Morgan fingerprint density at radius 3 is 2.68 bits per heavy atom. The summed E-state index contributed by atoms with van der Waals surface area (Å²) in [5.74, 6) is -0.221. The summed E-state index contributed by atoms with van der Waals surface area (Å²) in [6.07, 6.45) is 0. The lowest BCUT2D eigenvalue weighted by molar-refractivity contribution is -0.115. The molecule has 0 aliphatic heterocycles. The van der Waals surface area contributed by atoms with E-state index in [-0.39, 0.29) is 18.5 Å². The molecule has 2 N–H and O–H groups in total. The Morgan fingerprint density at radius 2 is 2.00 bits per heavy atom. The first-order valence-corrected chi connectivity index (χ1v) is 7.26. The zero-order valence-corrected chi connectivity index (χ0v) is 12.9. The summed E-state index contributed by atoms with van der Waals surface area (Å²) in [6, 6.07) is 16.7. The summed E-state index contributed by atoms with van der Waals surface area (Å²) in [5, 5.41) is 15.3. The summed E-state index contributed by atoms with van der Waals surface area (Å²) < 4.78 is 0. The number of halogens is 1. The standard InChI is InChI=1S/C17H16ClN3O/c1-12(13-5-3-2-4-6-13)20-11-17(22)21-16-9-15(18)8-7-14(16)10-19/h2-9,12,20H,11H2,1H3,(H,21,22)/t12-/m0/s1. The molecule has 1 amide bonds. The first-order chi connectivity index (χ1) is 10.6. The van der Waals surface area contributed by atoms with Crippen LogP contribution in [0.15, 0.2) is 48.5 Å². The molecule has 0 saturated heterocycles. The highest BCUT2D eigenvalue weighted by Crippen LogP contribution is 2.20. The lowest BCUT2D eigenvalue weighted by Crippen LogP contribution is -2.30. The first-order valence-electron chi connectivity index (χ1n) is 6.88. The predicted molar refractivity (Wildman–Crippen MR) is 87.7 cm³/mol. The van der Waals surface area contributed by atoms with E-state index >= 15 is 0 Å². The average molecular weight is 314 g/mol. The second kappa shape index (κ2) is 7.60. The van der Waals surface area contributed by atoms with Crippen LogP contribution in [0.25, 0.3) is 0 Å². The number of carbonyl (C=O) groups excluding carboxylic acids is 1. The van der Waals surface area contributed by atoms with Crippen molar-refractivity contribution in [1.82, 2.24) is 5.32 Å². The van der Waals surface area contributed by atoms with Gasteiger partial charge in [-0.05, 0) is 30.7 Å². The zero-order chi connectivity index (χ0) is 15.9. The van der Waals surface area contributed by atoms with Crippen LogP contribution >= 0.6 is 11.6 Å². The maximum Gasteiger partial charge on any atom is 0.238 e. The van der Waals surface area contributed by atoms with Gasteiger partial charge in [-0.3, -0.25) is 4.79 Å². The second-order valence-corrected chi connectivity index (χ2v) is 5.30. The van der Waals surface area contributed by atoms with Crippen LogP contribution in [0.5, 0.6) is 0 Å². The van der Waals surface area contributed by atoms with Crippen LogP contribution in [0.2, 0.25) is 5.02 Å². The minimum Gasteiger partial charge on any atom is -0.324 e. The molecule has 5 heteroatoms. The second-order valence-electron chi connectivity index (χ2n) is 4.86. The number of nitrogens with zero attached hydrogens (tertiary/aromatic N) is 1. The fourth-order valence-electron chi connectivity index (χ4n) is 2.02. The van der Waals surface area contributed by atoms with E-state index in [1.807, 2.05) is 43.3 Å². The molecule has 0 aliphatic carbocycles. The molecule has 0 spiro atoms. The van der Waals surface area contributed by atoms with Crippen molar-refractivity contribution in [2.45, 2.75) is 13.0 Å². The van der Waals surface area contributed by atoms with Gasteiger partial charge in [0.05, 0.1) is 17.8 Å². The largest absolute Gasteiger partial charge is 0.324 e. The van der Waals surface area contributed by atoms with E-state index < -0.39 is 0 Å². The fraction of sp³-hybridized carbons (Fsp3) is 0.176. The van der Waals surface area contributed by atoms with E-state index in [0.29, 0.717) is 16.3 Å². The van der Waals surface area contributed by atoms with Crippen molar-refractivity contribution in [2.75, 3.05) is 11.9 Å². The van der Waals surface area contributed by atoms with Crippen LogP contribution < -0.4 is 10.6 Å². The maximum absolute atomic E-state index is 12.0. The van der Waals surface area contributed by atoms with Crippen LogP contribution in [-0.2, 0) is 4.79 Å². The molecular weight excluding hydrogens is 298 g/mol. The molecule has 0 aliphatic rings. The van der Waals surface area contributed by atoms with E-state index in [0.717, 1.165) is 5.56 Å². The molecule has 0 fully saturated rings. The highest BCUT2D eigenvalue weighted by atomic mass is 35.5. The van der Waals surface area contributed by atoms with Crippen LogP contribution in [0.3, 0.4) is 0 Å². The summed E-state index contributed by atoms with van der Waals surface area (Å²) in [7, 11) is 0. The van der Waals surface area contributed by atoms with E-state index in [9.17, 15) is 4.79 Å². The van der Waals surface area contributed by atoms with Crippen LogP contribution in [0.1, 0.15) is 24.1 Å². The number of anilines is 1. The molecule has 0 aromatic heterocycles. The molecule has 0 saturated carbocycles. The third-order valence-electron chi connectivity index (χ3n) is 3.24. The van der Waals surface area contributed by atoms with Gasteiger partial charge in [-0.1, -0.05) is 41.9 Å². The van der Waals surface area contributed by atoms with Gasteiger partial charge in [0.2, 0.25) is 5.91 Å². The van der Waals surface area contributed by atoms with Crippen LogP contribution in [0.4, 0.5) is 5.69 Å². The number of hydrogen-bond donors (Lipinski definition) is 2. The summed E-state index contributed by atoms with van der Waals surface area (Å²) in [4.78, 5) is 12.0. The molecule has 2 aromatic carbocycles. The molecule has 0 radical (unpaired) electrons. The smallest absolute Gasteiger partial charge is 0.238 e. The Labute approximate surface area is 134 Å². The Hall–Kier alpha value is -2.35. The number of carbonyl (C=O) groups is 1. The Morgan fingerprint density at radius 1 is 1.27 bits per heavy atom. The molecular formula is C17H16ClN3O. The van der Waals surface area contributed by atoms with Crippen molar-refractivity contribution >= 4 is 23.2 Å². The number of benzene rings is 2. The number of nitrogens with one attached hydrogen (secondary N) is 2. The molecule has 2 rings (SSSR count). The normalized spacial score (nSPS) is 11.5. The van der Waals surface area contributed by atoms with E-state index in [1.165, 1.54) is 0 Å². The van der Waals surface area contributed by atoms with Gasteiger partial charge < -0.3 is 10.6 Å². The van der Waals surface area contributed by atoms with Gasteiger partial charge in [0.25, 0.3) is 0 Å². The summed E-state index contributed by atoms with van der Waals surface area (Å²) in [6.45, 7) is 2.14. The molecule has 2 aromatic rings. The van der Waals surface area contributed by atoms with E-state index in [1.54, 1.807) is 18.2 Å². The molecule has 1 atom stereocenters. The van der Waals surface area contributed by atoms with Crippen molar-refractivity contribution in [3.63, 3.8) is 0 Å². The van der Waals surface area contributed by atoms with Crippen molar-refractivity contribution in [3.05, 3.63) is 64.7 Å². The lowest BCUT2D eigenvalue weighted by Gasteiger charge is -2.14. The monoisotopic (exact) mass is 313 g/mol. The van der Waals surface area contributed by atoms with Crippen molar-refractivity contribution in [2.24, 2.45) is 0 Å². The minimum atomic E-state index is -0.221. The predicted octanol–water partition coefficient (Wildman–Crippen LogP) is 3.50. The van der Waals surface area contributed by atoms with Crippen molar-refractivity contribution in [1.29, 1.82) is 5.26 Å².